The quantitative estimate of drug-likeness (QED) is 0.404. The van der Waals surface area contributed by atoms with Gasteiger partial charge in [0, 0.05) is 36.4 Å². The number of halogens is 2. The maximum Gasteiger partial charge on any atom is 0.220 e. The van der Waals surface area contributed by atoms with Crippen molar-refractivity contribution in [1.82, 2.24) is 15.3 Å². The molecule has 0 unspecified atom stereocenters. The summed E-state index contributed by atoms with van der Waals surface area (Å²) in [6.07, 6.45) is 3.03. The van der Waals surface area contributed by atoms with Crippen molar-refractivity contribution in [3.05, 3.63) is 69.6 Å². The Morgan fingerprint density at radius 1 is 1.14 bits per heavy atom. The third-order valence-corrected chi connectivity index (χ3v) is 5.96. The molecule has 5 nitrogen and oxygen atoms in total. The van der Waals surface area contributed by atoms with Crippen LogP contribution in [0.25, 0.3) is 21.5 Å². The van der Waals surface area contributed by atoms with Crippen LogP contribution in [0, 0.1) is 0 Å². The fourth-order valence-electron chi connectivity index (χ4n) is 2.88. The molecule has 0 fully saturated rings. The van der Waals surface area contributed by atoms with Crippen molar-refractivity contribution < 1.29 is 9.21 Å². The van der Waals surface area contributed by atoms with Gasteiger partial charge in [-0.25, -0.2) is 9.97 Å². The largest absolute Gasteiger partial charge is 0.441 e. The summed E-state index contributed by atoms with van der Waals surface area (Å²) in [7, 11) is 0. The first-order chi connectivity index (χ1) is 14.1. The number of benzene rings is 2. The molecule has 0 saturated carbocycles. The number of carbonyl (C=O) groups excluding carboxylic acids is 1. The summed E-state index contributed by atoms with van der Waals surface area (Å²) in [6.45, 7) is 0.551. The van der Waals surface area contributed by atoms with Crippen molar-refractivity contribution in [2.75, 3.05) is 6.54 Å². The molecule has 29 heavy (non-hydrogen) atoms. The van der Waals surface area contributed by atoms with Gasteiger partial charge >= 0.3 is 0 Å². The van der Waals surface area contributed by atoms with E-state index in [2.05, 4.69) is 21.4 Å². The second-order valence-electron chi connectivity index (χ2n) is 6.42. The van der Waals surface area contributed by atoms with Crippen LogP contribution in [0.4, 0.5) is 0 Å². The Morgan fingerprint density at radius 3 is 2.83 bits per heavy atom. The highest BCUT2D eigenvalue weighted by Gasteiger charge is 2.12. The number of nitrogens with one attached hydrogen (secondary N) is 1. The van der Waals surface area contributed by atoms with E-state index >= 15 is 0 Å². The van der Waals surface area contributed by atoms with Gasteiger partial charge in [0.2, 0.25) is 5.91 Å². The molecule has 2 aromatic heterocycles. The van der Waals surface area contributed by atoms with Crippen LogP contribution in [0.5, 0.6) is 0 Å². The Bertz CT molecular complexity index is 1120. The first kappa shape index (κ1) is 19.9. The molecule has 0 saturated heterocycles. The zero-order valence-corrected chi connectivity index (χ0v) is 17.7. The lowest BCUT2D eigenvalue weighted by Gasteiger charge is -2.03. The molecular formula is C21H17Cl2N3O2S. The van der Waals surface area contributed by atoms with Gasteiger partial charge in [0.05, 0.1) is 26.4 Å². The molecule has 8 heteroatoms. The van der Waals surface area contributed by atoms with Gasteiger partial charge in [-0.3, -0.25) is 4.79 Å². The van der Waals surface area contributed by atoms with Crippen LogP contribution in [0.2, 0.25) is 10.0 Å². The van der Waals surface area contributed by atoms with E-state index in [1.807, 2.05) is 18.2 Å². The minimum Gasteiger partial charge on any atom is -0.441 e. The number of thiazole rings is 1. The summed E-state index contributed by atoms with van der Waals surface area (Å²) in [5, 5.41) is 4.99. The van der Waals surface area contributed by atoms with E-state index in [-0.39, 0.29) is 5.91 Å². The van der Waals surface area contributed by atoms with Crippen molar-refractivity contribution in [2.24, 2.45) is 0 Å². The van der Waals surface area contributed by atoms with Gasteiger partial charge in [-0.15, -0.1) is 11.3 Å². The van der Waals surface area contributed by atoms with Gasteiger partial charge < -0.3 is 9.73 Å². The average Bonchev–Trinajstić information content (AvgIpc) is 3.33. The number of oxazole rings is 1. The lowest BCUT2D eigenvalue weighted by molar-refractivity contribution is -0.121. The second-order valence-corrected chi connectivity index (χ2v) is 8.38. The third-order valence-electron chi connectivity index (χ3n) is 4.32. The fraction of sp³-hybridized carbons (Fsp3) is 0.190. The molecular weight excluding hydrogens is 429 g/mol. The summed E-state index contributed by atoms with van der Waals surface area (Å²) < 4.78 is 6.88. The molecule has 4 rings (SSSR count). The van der Waals surface area contributed by atoms with Crippen LogP contribution in [0.1, 0.15) is 17.3 Å². The van der Waals surface area contributed by atoms with Gasteiger partial charge in [0.1, 0.15) is 0 Å². The van der Waals surface area contributed by atoms with E-state index in [0.29, 0.717) is 47.5 Å². The summed E-state index contributed by atoms with van der Waals surface area (Å²) in [5.41, 5.74) is 1.72. The molecule has 1 amide bonds. The highest BCUT2D eigenvalue weighted by atomic mass is 35.5. The second kappa shape index (κ2) is 8.95. The number of para-hydroxylation sites is 1. The van der Waals surface area contributed by atoms with Crippen LogP contribution < -0.4 is 5.32 Å². The van der Waals surface area contributed by atoms with Crippen molar-refractivity contribution in [3.63, 3.8) is 0 Å². The van der Waals surface area contributed by atoms with Gasteiger partial charge in [0.15, 0.2) is 11.7 Å². The fourth-order valence-corrected chi connectivity index (χ4v) is 4.35. The molecule has 0 aliphatic carbocycles. The van der Waals surface area contributed by atoms with Crippen molar-refractivity contribution in [3.8, 4) is 11.3 Å². The van der Waals surface area contributed by atoms with E-state index in [4.69, 9.17) is 27.6 Å². The highest BCUT2D eigenvalue weighted by molar-refractivity contribution is 7.18. The topological polar surface area (TPSA) is 68.0 Å². The summed E-state index contributed by atoms with van der Waals surface area (Å²) in [5.74, 6) is 1.00. The molecule has 148 valence electrons. The Labute approximate surface area is 181 Å². The molecule has 0 bridgehead atoms. The van der Waals surface area contributed by atoms with Crippen LogP contribution in [0.15, 0.2) is 53.1 Å². The average molecular weight is 446 g/mol. The molecule has 0 aliphatic heterocycles. The van der Waals surface area contributed by atoms with Gasteiger partial charge in [-0.05, 0) is 30.3 Å². The minimum atomic E-state index is -0.0459. The third kappa shape index (κ3) is 4.96. The lowest BCUT2D eigenvalue weighted by atomic mass is 10.2. The SMILES string of the molecule is O=C(CCc1ncc(-c2ccc(Cl)cc2Cl)o1)NCCc1nc2ccccc2s1. The first-order valence-electron chi connectivity index (χ1n) is 9.10. The first-order valence-corrected chi connectivity index (χ1v) is 10.7. The van der Waals surface area contributed by atoms with E-state index in [9.17, 15) is 4.79 Å². The highest BCUT2D eigenvalue weighted by Crippen LogP contribution is 2.30. The number of aryl methyl sites for hydroxylation is 1. The number of nitrogens with zero attached hydrogens (tertiary/aromatic N) is 2. The zero-order chi connectivity index (χ0) is 20.2. The smallest absolute Gasteiger partial charge is 0.220 e. The minimum absolute atomic E-state index is 0.0459. The van der Waals surface area contributed by atoms with E-state index in [1.165, 1.54) is 0 Å². The molecule has 2 heterocycles. The standard InChI is InChI=1S/C21H17Cl2N3O2S/c22-13-5-6-14(15(23)11-13)17-12-25-20(28-17)8-7-19(27)24-10-9-21-26-16-3-1-2-4-18(16)29-21/h1-6,11-12H,7-10H2,(H,24,27). The lowest BCUT2D eigenvalue weighted by Crippen LogP contribution is -2.25. The van der Waals surface area contributed by atoms with Crippen LogP contribution in [0.3, 0.4) is 0 Å². The molecule has 4 aromatic rings. The van der Waals surface area contributed by atoms with E-state index in [0.717, 1.165) is 20.8 Å². The van der Waals surface area contributed by atoms with E-state index < -0.39 is 0 Å². The van der Waals surface area contributed by atoms with Crippen LogP contribution >= 0.6 is 34.5 Å². The molecule has 1 N–H and O–H groups in total. The van der Waals surface area contributed by atoms with Crippen LogP contribution in [-0.2, 0) is 17.6 Å². The number of rotatable bonds is 7. The summed E-state index contributed by atoms with van der Waals surface area (Å²) in [4.78, 5) is 20.9. The number of hydrogen-bond donors (Lipinski definition) is 1. The number of aromatic nitrogens is 2. The molecule has 0 spiro atoms. The molecule has 2 aromatic carbocycles. The zero-order valence-electron chi connectivity index (χ0n) is 15.3. The Kier molecular flexibility index (Phi) is 6.13. The predicted molar refractivity (Wildman–Crippen MR) is 117 cm³/mol. The Morgan fingerprint density at radius 2 is 2.00 bits per heavy atom. The van der Waals surface area contributed by atoms with Crippen LogP contribution in [-0.4, -0.2) is 22.4 Å². The monoisotopic (exact) mass is 445 g/mol. The van der Waals surface area contributed by atoms with Crippen molar-refractivity contribution >= 4 is 50.7 Å². The Balaban J connectivity index is 1.26. The van der Waals surface area contributed by atoms with Gasteiger partial charge in [-0.2, -0.15) is 0 Å². The predicted octanol–water partition coefficient (Wildman–Crippen LogP) is 5.55. The van der Waals surface area contributed by atoms with Crippen molar-refractivity contribution in [1.29, 1.82) is 0 Å². The Hall–Kier alpha value is -2.41. The van der Waals surface area contributed by atoms with Gasteiger partial charge in [0.25, 0.3) is 0 Å². The maximum absolute atomic E-state index is 12.1. The number of fused-ring (bicyclic) bond motifs is 1. The normalized spacial score (nSPS) is 11.1. The van der Waals surface area contributed by atoms with Gasteiger partial charge in [-0.1, -0.05) is 35.3 Å². The summed E-state index contributed by atoms with van der Waals surface area (Å²) >= 11 is 13.8. The molecule has 0 atom stereocenters. The molecule has 0 radical (unpaired) electrons. The van der Waals surface area contributed by atoms with E-state index in [1.54, 1.807) is 35.7 Å². The maximum atomic E-state index is 12.1. The summed E-state index contributed by atoms with van der Waals surface area (Å²) in [6, 6.07) is 13.2. The molecule has 0 aliphatic rings. The van der Waals surface area contributed by atoms with Crippen molar-refractivity contribution in [2.45, 2.75) is 19.3 Å². The number of amides is 1. The number of carbonyl (C=O) groups is 1. The number of hydrogen-bond acceptors (Lipinski definition) is 5.